The Hall–Kier alpha value is -3.42. The maximum Gasteiger partial charge on any atom is 0.146 e. The third kappa shape index (κ3) is 4.36. The van der Waals surface area contributed by atoms with Gasteiger partial charge in [0.15, 0.2) is 0 Å². The molecule has 0 spiro atoms. The summed E-state index contributed by atoms with van der Waals surface area (Å²) in [5, 5.41) is 0.924. The van der Waals surface area contributed by atoms with Gasteiger partial charge in [0, 0.05) is 36.6 Å². The van der Waals surface area contributed by atoms with E-state index >= 15 is 0 Å². The summed E-state index contributed by atoms with van der Waals surface area (Å²) >= 11 is 0. The second kappa shape index (κ2) is 9.83. The van der Waals surface area contributed by atoms with Gasteiger partial charge in [0.2, 0.25) is 0 Å². The minimum absolute atomic E-state index is 0.404. The smallest absolute Gasteiger partial charge is 0.146 e. The third-order valence-electron chi connectivity index (χ3n) is 6.95. The summed E-state index contributed by atoms with van der Waals surface area (Å²) in [6.45, 7) is 3.13. The van der Waals surface area contributed by atoms with E-state index in [1.54, 1.807) is 6.33 Å². The Morgan fingerprint density at radius 2 is 1.82 bits per heavy atom. The van der Waals surface area contributed by atoms with E-state index in [0.29, 0.717) is 24.3 Å². The second-order valence-corrected chi connectivity index (χ2v) is 9.23. The highest BCUT2D eigenvalue weighted by Gasteiger charge is 2.31. The van der Waals surface area contributed by atoms with Crippen LogP contribution >= 0.6 is 0 Å². The molecule has 0 saturated heterocycles. The van der Waals surface area contributed by atoms with E-state index < -0.39 is 0 Å². The van der Waals surface area contributed by atoms with Crippen molar-refractivity contribution in [1.29, 1.82) is 0 Å². The number of nitrogen functional groups attached to an aromatic ring is 1. The quantitative estimate of drug-likeness (QED) is 0.352. The fourth-order valence-electron chi connectivity index (χ4n) is 4.98. The van der Waals surface area contributed by atoms with Crippen LogP contribution in [0.2, 0.25) is 0 Å². The van der Waals surface area contributed by atoms with Crippen molar-refractivity contribution in [2.24, 2.45) is 17.4 Å². The van der Waals surface area contributed by atoms with Gasteiger partial charge in [-0.3, -0.25) is 0 Å². The number of anilines is 2. The van der Waals surface area contributed by atoms with Gasteiger partial charge in [-0.15, -0.1) is 0 Å². The molecule has 1 fully saturated rings. The predicted molar refractivity (Wildman–Crippen MR) is 139 cm³/mol. The number of benzene rings is 2. The molecule has 1 aliphatic carbocycles. The standard InChI is InChI=1S/C27H33N7/c28-10-5-11-33(16-19-6-2-1-3-7-19)22-9-4-8-21(14-22)24-17-34(23-12-20(13-23)15-29)27-25(24)26(30)31-18-32-27/h1-4,6-9,14,17-18,20,23H,5,10-13,15-16,28-29H2,(H2,30,31,32). The van der Waals surface area contributed by atoms with Crippen LogP contribution in [0.25, 0.3) is 22.2 Å². The average molecular weight is 456 g/mol. The summed E-state index contributed by atoms with van der Waals surface area (Å²) in [6.07, 6.45) is 6.85. The normalized spacial score (nSPS) is 17.6. The SMILES string of the molecule is NCCCN(Cc1ccccc1)c1cccc(-c2cn(C3CC(CN)C3)c3ncnc(N)c23)c1. The van der Waals surface area contributed by atoms with Crippen LogP contribution in [0.3, 0.4) is 0 Å². The minimum atomic E-state index is 0.404. The van der Waals surface area contributed by atoms with Crippen molar-refractivity contribution >= 4 is 22.5 Å². The van der Waals surface area contributed by atoms with Crippen LogP contribution in [0, 0.1) is 5.92 Å². The summed E-state index contributed by atoms with van der Waals surface area (Å²) in [6, 6.07) is 19.6. The first-order valence-corrected chi connectivity index (χ1v) is 12.1. The molecule has 0 bridgehead atoms. The summed E-state index contributed by atoms with van der Waals surface area (Å²) in [7, 11) is 0. The molecule has 0 unspecified atom stereocenters. The van der Waals surface area contributed by atoms with Crippen molar-refractivity contribution < 1.29 is 0 Å². The Labute approximate surface area is 200 Å². The fraction of sp³-hybridized carbons (Fsp3) is 0.333. The summed E-state index contributed by atoms with van der Waals surface area (Å²) in [5.41, 5.74) is 23.6. The average Bonchev–Trinajstić information content (AvgIpc) is 3.22. The molecular weight excluding hydrogens is 422 g/mol. The maximum absolute atomic E-state index is 6.38. The highest BCUT2D eigenvalue weighted by Crippen LogP contribution is 2.42. The van der Waals surface area contributed by atoms with E-state index in [9.17, 15) is 0 Å². The number of rotatable bonds is 9. The van der Waals surface area contributed by atoms with Gasteiger partial charge >= 0.3 is 0 Å². The van der Waals surface area contributed by atoms with E-state index in [2.05, 4.69) is 80.2 Å². The highest BCUT2D eigenvalue weighted by molar-refractivity contribution is 6.01. The molecule has 0 amide bonds. The van der Waals surface area contributed by atoms with Crippen LogP contribution in [0.4, 0.5) is 11.5 Å². The molecule has 6 N–H and O–H groups in total. The molecule has 7 heteroatoms. The molecule has 34 heavy (non-hydrogen) atoms. The zero-order valence-corrected chi connectivity index (χ0v) is 19.5. The Balaban J connectivity index is 1.53. The minimum Gasteiger partial charge on any atom is -0.383 e. The Morgan fingerprint density at radius 3 is 2.59 bits per heavy atom. The lowest BCUT2D eigenvalue weighted by atomic mass is 9.80. The molecule has 2 heterocycles. The molecule has 176 valence electrons. The predicted octanol–water partition coefficient (Wildman–Crippen LogP) is 3.95. The molecule has 0 atom stereocenters. The summed E-state index contributed by atoms with van der Waals surface area (Å²) < 4.78 is 2.28. The van der Waals surface area contributed by atoms with Gasteiger partial charge in [-0.2, -0.15) is 0 Å². The largest absolute Gasteiger partial charge is 0.383 e. The molecule has 0 radical (unpaired) electrons. The molecule has 2 aromatic carbocycles. The van der Waals surface area contributed by atoms with E-state index in [1.165, 1.54) is 5.56 Å². The first-order chi connectivity index (χ1) is 16.7. The van der Waals surface area contributed by atoms with Gasteiger partial charge in [-0.05, 0) is 61.5 Å². The van der Waals surface area contributed by atoms with E-state index in [-0.39, 0.29) is 0 Å². The number of fused-ring (bicyclic) bond motifs is 1. The zero-order valence-electron chi connectivity index (χ0n) is 19.5. The topological polar surface area (TPSA) is 112 Å². The first-order valence-electron chi connectivity index (χ1n) is 12.1. The Kier molecular flexibility index (Phi) is 6.47. The van der Waals surface area contributed by atoms with Gasteiger partial charge < -0.3 is 26.7 Å². The fourth-order valence-corrected chi connectivity index (χ4v) is 4.98. The summed E-state index contributed by atoms with van der Waals surface area (Å²) in [4.78, 5) is 11.3. The van der Waals surface area contributed by atoms with Crippen molar-refractivity contribution in [2.45, 2.75) is 31.8 Å². The zero-order chi connectivity index (χ0) is 23.5. The van der Waals surface area contributed by atoms with E-state index in [0.717, 1.165) is 66.7 Å². The lowest BCUT2D eigenvalue weighted by Gasteiger charge is -2.35. The van der Waals surface area contributed by atoms with Gasteiger partial charge in [0.05, 0.1) is 5.39 Å². The van der Waals surface area contributed by atoms with Crippen molar-refractivity contribution in [3.63, 3.8) is 0 Å². The molecule has 1 saturated carbocycles. The third-order valence-corrected chi connectivity index (χ3v) is 6.95. The number of hydrogen-bond donors (Lipinski definition) is 3. The lowest BCUT2D eigenvalue weighted by Crippen LogP contribution is -2.31. The summed E-state index contributed by atoms with van der Waals surface area (Å²) in [5.74, 6) is 1.10. The van der Waals surface area contributed by atoms with Crippen molar-refractivity contribution in [2.75, 3.05) is 30.3 Å². The lowest BCUT2D eigenvalue weighted by molar-refractivity contribution is 0.209. The number of nitrogens with zero attached hydrogens (tertiary/aromatic N) is 4. The number of nitrogens with two attached hydrogens (primary N) is 3. The van der Waals surface area contributed by atoms with Gasteiger partial charge in [0.1, 0.15) is 17.8 Å². The van der Waals surface area contributed by atoms with Crippen molar-refractivity contribution in [3.8, 4) is 11.1 Å². The number of hydrogen-bond acceptors (Lipinski definition) is 6. The van der Waals surface area contributed by atoms with Gasteiger partial charge in [0.25, 0.3) is 0 Å². The molecule has 5 rings (SSSR count). The Bertz CT molecular complexity index is 1240. The van der Waals surface area contributed by atoms with E-state index in [4.69, 9.17) is 17.2 Å². The van der Waals surface area contributed by atoms with E-state index in [1.807, 2.05) is 0 Å². The Morgan fingerprint density at radius 1 is 1.00 bits per heavy atom. The second-order valence-electron chi connectivity index (χ2n) is 9.23. The molecular formula is C27H33N7. The van der Waals surface area contributed by atoms with Crippen LogP contribution < -0.4 is 22.1 Å². The molecule has 1 aliphatic rings. The van der Waals surface area contributed by atoms with Crippen molar-refractivity contribution in [1.82, 2.24) is 14.5 Å². The van der Waals surface area contributed by atoms with Crippen LogP contribution in [0.15, 0.2) is 67.1 Å². The monoisotopic (exact) mass is 455 g/mol. The van der Waals surface area contributed by atoms with Gasteiger partial charge in [-0.25, -0.2) is 9.97 Å². The van der Waals surface area contributed by atoms with Crippen LogP contribution in [0.5, 0.6) is 0 Å². The highest BCUT2D eigenvalue weighted by atomic mass is 15.1. The number of aromatic nitrogens is 3. The molecule has 2 aromatic heterocycles. The van der Waals surface area contributed by atoms with Gasteiger partial charge in [-0.1, -0.05) is 42.5 Å². The van der Waals surface area contributed by atoms with Crippen LogP contribution in [0.1, 0.15) is 30.9 Å². The molecule has 7 nitrogen and oxygen atoms in total. The maximum atomic E-state index is 6.38. The van der Waals surface area contributed by atoms with Crippen LogP contribution in [-0.2, 0) is 6.54 Å². The molecule has 4 aromatic rings. The first kappa shape index (κ1) is 22.4. The van der Waals surface area contributed by atoms with Crippen LogP contribution in [-0.4, -0.2) is 34.2 Å². The molecule has 0 aliphatic heterocycles. The van der Waals surface area contributed by atoms with Crippen molar-refractivity contribution in [3.05, 3.63) is 72.7 Å².